The third-order valence-electron chi connectivity index (χ3n) is 5.19. The van der Waals surface area contributed by atoms with Crippen molar-refractivity contribution in [2.45, 2.75) is 38.8 Å². The highest BCUT2D eigenvalue weighted by Crippen LogP contribution is 2.29. The minimum atomic E-state index is -0.594. The van der Waals surface area contributed by atoms with Gasteiger partial charge in [0.2, 0.25) is 0 Å². The molecular weight excluding hydrogens is 355 g/mol. The van der Waals surface area contributed by atoms with Gasteiger partial charge in [-0.1, -0.05) is 17.7 Å². The van der Waals surface area contributed by atoms with Crippen LogP contribution in [0.25, 0.3) is 0 Å². The second-order valence-corrected chi connectivity index (χ2v) is 7.59. The Morgan fingerprint density at radius 1 is 1.46 bits per heavy atom. The van der Waals surface area contributed by atoms with E-state index in [0.717, 1.165) is 25.9 Å². The van der Waals surface area contributed by atoms with E-state index in [9.17, 15) is 9.18 Å². The van der Waals surface area contributed by atoms with Crippen LogP contribution in [0.5, 0.6) is 0 Å². The minimum absolute atomic E-state index is 0.148. The molecule has 0 atom stereocenters. The molecule has 1 fully saturated rings. The lowest BCUT2D eigenvalue weighted by molar-refractivity contribution is -0.114. The lowest BCUT2D eigenvalue weighted by Crippen LogP contribution is -2.50. The molecule has 7 heteroatoms. The number of rotatable bonds is 6. The molecule has 0 spiro atoms. The zero-order valence-corrected chi connectivity index (χ0v) is 16.2. The Bertz CT molecular complexity index is 710. The van der Waals surface area contributed by atoms with E-state index in [2.05, 4.69) is 11.8 Å². The lowest BCUT2D eigenvalue weighted by atomic mass is 9.88. The van der Waals surface area contributed by atoms with Gasteiger partial charge in [-0.15, -0.1) is 0 Å². The van der Waals surface area contributed by atoms with Crippen molar-refractivity contribution in [2.24, 2.45) is 5.73 Å². The molecule has 1 saturated heterocycles. The maximum Gasteiger partial charge on any atom is 0.251 e. The molecule has 0 aromatic heterocycles. The van der Waals surface area contributed by atoms with Crippen molar-refractivity contribution in [3.63, 3.8) is 0 Å². The van der Waals surface area contributed by atoms with E-state index >= 15 is 0 Å². The van der Waals surface area contributed by atoms with Gasteiger partial charge in [-0.25, -0.2) is 4.39 Å². The standard InChI is InChI=1S/C19H26ClFN4O/c1-13(22)16(18(23)26)12-24(3)19(2)6-8-25(9-7-19)11-14-4-5-15(20)10-17(14)21/h4-5,10,12,22H,6-9,11H2,1-3H3,(H2,23,26). The number of nitrogens with zero attached hydrogens (tertiary/aromatic N) is 2. The Morgan fingerprint density at radius 3 is 2.58 bits per heavy atom. The molecule has 0 unspecified atom stereocenters. The second-order valence-electron chi connectivity index (χ2n) is 7.15. The summed E-state index contributed by atoms with van der Waals surface area (Å²) < 4.78 is 14.0. The summed E-state index contributed by atoms with van der Waals surface area (Å²) in [6, 6.07) is 4.78. The van der Waals surface area contributed by atoms with Gasteiger partial charge in [0.1, 0.15) is 5.82 Å². The van der Waals surface area contributed by atoms with Gasteiger partial charge < -0.3 is 16.0 Å². The second kappa shape index (κ2) is 8.18. The van der Waals surface area contributed by atoms with E-state index in [1.165, 1.54) is 6.07 Å². The first-order valence-corrected chi connectivity index (χ1v) is 8.96. The fourth-order valence-electron chi connectivity index (χ4n) is 3.13. The third-order valence-corrected chi connectivity index (χ3v) is 5.42. The fraction of sp³-hybridized carbons (Fsp3) is 0.474. The first-order valence-electron chi connectivity index (χ1n) is 8.59. The number of nitrogens with two attached hydrogens (primary N) is 1. The van der Waals surface area contributed by atoms with Crippen LogP contribution in [-0.4, -0.2) is 47.1 Å². The van der Waals surface area contributed by atoms with Crippen molar-refractivity contribution in [3.05, 3.63) is 46.4 Å². The molecule has 26 heavy (non-hydrogen) atoms. The summed E-state index contributed by atoms with van der Waals surface area (Å²) in [5.74, 6) is -0.873. The number of hydrogen-bond donors (Lipinski definition) is 2. The molecule has 0 radical (unpaired) electrons. The Hall–Kier alpha value is -1.92. The molecule has 2 rings (SSSR count). The number of halogens is 2. The summed E-state index contributed by atoms with van der Waals surface area (Å²) in [6.07, 6.45) is 3.38. The van der Waals surface area contributed by atoms with Gasteiger partial charge in [0.05, 0.1) is 5.57 Å². The molecule has 0 saturated carbocycles. The zero-order valence-electron chi connectivity index (χ0n) is 15.5. The van der Waals surface area contributed by atoms with Crippen LogP contribution in [0, 0.1) is 11.2 Å². The van der Waals surface area contributed by atoms with Crippen molar-refractivity contribution < 1.29 is 9.18 Å². The van der Waals surface area contributed by atoms with Gasteiger partial charge in [-0.2, -0.15) is 0 Å². The third kappa shape index (κ3) is 4.83. The summed E-state index contributed by atoms with van der Waals surface area (Å²) >= 11 is 5.81. The Balaban J connectivity index is 2.02. The first kappa shape index (κ1) is 20.4. The van der Waals surface area contributed by atoms with Gasteiger partial charge in [0.25, 0.3) is 5.91 Å². The van der Waals surface area contributed by atoms with Gasteiger partial charge in [0.15, 0.2) is 0 Å². The minimum Gasteiger partial charge on any atom is -0.374 e. The SMILES string of the molecule is CC(=N)C(=CN(C)C1(C)CCN(Cc2ccc(Cl)cc2F)CC1)C(N)=O. The molecule has 0 bridgehead atoms. The topological polar surface area (TPSA) is 73.4 Å². The van der Waals surface area contributed by atoms with E-state index in [1.54, 1.807) is 25.3 Å². The number of primary amides is 1. The normalized spacial score (nSPS) is 17.8. The van der Waals surface area contributed by atoms with E-state index < -0.39 is 5.91 Å². The highest BCUT2D eigenvalue weighted by Gasteiger charge is 2.33. The number of nitrogens with one attached hydrogen (secondary N) is 1. The van der Waals surface area contributed by atoms with Crippen LogP contribution in [-0.2, 0) is 11.3 Å². The number of carbonyl (C=O) groups is 1. The molecule has 142 valence electrons. The van der Waals surface area contributed by atoms with E-state index in [1.807, 2.05) is 11.9 Å². The quantitative estimate of drug-likeness (QED) is 0.588. The van der Waals surface area contributed by atoms with Crippen LogP contribution in [0.2, 0.25) is 5.02 Å². The van der Waals surface area contributed by atoms with Gasteiger partial charge >= 0.3 is 0 Å². The van der Waals surface area contributed by atoms with Crippen LogP contribution in [0.1, 0.15) is 32.3 Å². The van der Waals surface area contributed by atoms with Crippen LogP contribution >= 0.6 is 11.6 Å². The number of piperidine rings is 1. The Morgan fingerprint density at radius 2 is 2.08 bits per heavy atom. The van der Waals surface area contributed by atoms with Crippen LogP contribution < -0.4 is 5.73 Å². The van der Waals surface area contributed by atoms with Crippen LogP contribution in [0.15, 0.2) is 30.0 Å². The molecular formula is C19H26ClFN4O. The van der Waals surface area contributed by atoms with Crippen LogP contribution in [0.4, 0.5) is 4.39 Å². The van der Waals surface area contributed by atoms with Crippen molar-refractivity contribution in [1.29, 1.82) is 5.41 Å². The van der Waals surface area contributed by atoms with Crippen molar-refractivity contribution in [3.8, 4) is 0 Å². The summed E-state index contributed by atoms with van der Waals surface area (Å²) in [5.41, 5.74) is 6.23. The van der Waals surface area contributed by atoms with Gasteiger partial charge in [-0.05, 0) is 38.8 Å². The van der Waals surface area contributed by atoms with Crippen molar-refractivity contribution in [1.82, 2.24) is 9.80 Å². The maximum absolute atomic E-state index is 14.0. The Labute approximate surface area is 159 Å². The molecule has 1 aromatic carbocycles. The van der Waals surface area contributed by atoms with E-state index in [4.69, 9.17) is 22.7 Å². The fourth-order valence-corrected chi connectivity index (χ4v) is 3.29. The molecule has 1 aliphatic heterocycles. The van der Waals surface area contributed by atoms with Gasteiger partial charge in [-0.3, -0.25) is 9.69 Å². The molecule has 3 N–H and O–H groups in total. The van der Waals surface area contributed by atoms with E-state index in [0.29, 0.717) is 17.1 Å². The molecule has 5 nitrogen and oxygen atoms in total. The van der Waals surface area contributed by atoms with Crippen molar-refractivity contribution in [2.75, 3.05) is 20.1 Å². The van der Waals surface area contributed by atoms with Crippen LogP contribution in [0.3, 0.4) is 0 Å². The predicted molar refractivity (Wildman–Crippen MR) is 103 cm³/mol. The zero-order chi connectivity index (χ0) is 19.5. The number of likely N-dealkylation sites (tertiary alicyclic amines) is 1. The summed E-state index contributed by atoms with van der Waals surface area (Å²) in [4.78, 5) is 15.7. The Kier molecular flexibility index (Phi) is 6.42. The predicted octanol–water partition coefficient (Wildman–Crippen LogP) is 3.17. The van der Waals surface area contributed by atoms with E-state index in [-0.39, 0.29) is 22.6 Å². The number of amides is 1. The number of carbonyl (C=O) groups excluding carboxylic acids is 1. The summed E-state index contributed by atoms with van der Waals surface area (Å²) in [6.45, 7) is 5.85. The molecule has 1 aliphatic rings. The average molecular weight is 381 g/mol. The molecule has 1 amide bonds. The maximum atomic E-state index is 14.0. The first-order chi connectivity index (χ1) is 12.1. The molecule has 0 aliphatic carbocycles. The highest BCUT2D eigenvalue weighted by molar-refractivity contribution is 6.30. The highest BCUT2D eigenvalue weighted by atomic mass is 35.5. The largest absolute Gasteiger partial charge is 0.374 e. The van der Waals surface area contributed by atoms with Crippen molar-refractivity contribution >= 4 is 23.2 Å². The average Bonchev–Trinajstić information content (AvgIpc) is 2.56. The summed E-state index contributed by atoms with van der Waals surface area (Å²) in [5, 5.41) is 8.10. The number of benzene rings is 1. The summed E-state index contributed by atoms with van der Waals surface area (Å²) in [7, 11) is 1.90. The smallest absolute Gasteiger partial charge is 0.251 e. The lowest BCUT2D eigenvalue weighted by Gasteiger charge is -2.45. The number of hydrogen-bond acceptors (Lipinski definition) is 4. The van der Waals surface area contributed by atoms with Gasteiger partial charge in [0, 0.05) is 54.7 Å². The molecule has 1 aromatic rings. The molecule has 1 heterocycles. The monoisotopic (exact) mass is 380 g/mol.